The molecule has 0 aliphatic carbocycles. The van der Waals surface area contributed by atoms with Gasteiger partial charge in [-0.05, 0) is 23.8 Å². The second-order valence-corrected chi connectivity index (χ2v) is 7.34. The van der Waals surface area contributed by atoms with Gasteiger partial charge >= 0.3 is 0 Å². The zero-order chi connectivity index (χ0) is 20.5. The van der Waals surface area contributed by atoms with Crippen LogP contribution in [0, 0.1) is 11.3 Å². The molecule has 1 aliphatic rings. The van der Waals surface area contributed by atoms with E-state index < -0.39 is 0 Å². The maximum atomic E-state index is 9.69. The Morgan fingerprint density at radius 1 is 1.17 bits per heavy atom. The van der Waals surface area contributed by atoms with E-state index in [9.17, 15) is 5.26 Å². The molecule has 0 bridgehead atoms. The van der Waals surface area contributed by atoms with E-state index in [-0.39, 0.29) is 6.10 Å². The lowest BCUT2D eigenvalue weighted by molar-refractivity contribution is 0.0254. The van der Waals surface area contributed by atoms with Crippen LogP contribution in [-0.4, -0.2) is 34.1 Å². The van der Waals surface area contributed by atoms with E-state index in [4.69, 9.17) is 13.9 Å². The van der Waals surface area contributed by atoms with Crippen LogP contribution in [0.5, 0.6) is 5.75 Å². The molecule has 1 fully saturated rings. The summed E-state index contributed by atoms with van der Waals surface area (Å²) in [5.74, 6) is 1.31. The van der Waals surface area contributed by atoms with Crippen molar-refractivity contribution in [1.29, 1.82) is 5.26 Å². The molecule has 0 N–H and O–H groups in total. The Labute approximate surface area is 173 Å². The van der Waals surface area contributed by atoms with Gasteiger partial charge in [0.15, 0.2) is 5.58 Å². The number of pyridine rings is 1. The van der Waals surface area contributed by atoms with E-state index in [2.05, 4.69) is 16.2 Å². The van der Waals surface area contributed by atoms with Gasteiger partial charge in [-0.3, -0.25) is 9.67 Å². The highest BCUT2D eigenvalue weighted by Gasteiger charge is 2.18. The number of nitriles is 1. The third-order valence-electron chi connectivity index (χ3n) is 5.27. The molecule has 4 heterocycles. The highest BCUT2D eigenvalue weighted by Crippen LogP contribution is 2.35. The predicted octanol–water partition coefficient (Wildman–Crippen LogP) is 4.32. The average Bonchev–Trinajstić information content (AvgIpc) is 3.40. The van der Waals surface area contributed by atoms with E-state index in [0.717, 1.165) is 35.0 Å². The van der Waals surface area contributed by atoms with Gasteiger partial charge in [0.1, 0.15) is 29.2 Å². The summed E-state index contributed by atoms with van der Waals surface area (Å²) in [5.41, 5.74) is 4.59. The summed E-state index contributed by atoms with van der Waals surface area (Å²) in [5, 5.41) is 13.9. The second-order valence-electron chi connectivity index (χ2n) is 7.34. The highest BCUT2D eigenvalue weighted by atomic mass is 16.5. The summed E-state index contributed by atoms with van der Waals surface area (Å²) < 4.78 is 19.3. The molecule has 1 aromatic carbocycles. The van der Waals surface area contributed by atoms with Crippen molar-refractivity contribution in [2.75, 3.05) is 13.2 Å². The lowest BCUT2D eigenvalue weighted by Gasteiger charge is -2.23. The molecule has 0 amide bonds. The summed E-state index contributed by atoms with van der Waals surface area (Å²) >= 11 is 0. The van der Waals surface area contributed by atoms with E-state index in [1.54, 1.807) is 17.1 Å². The van der Waals surface area contributed by atoms with Gasteiger partial charge in [-0.25, -0.2) is 0 Å². The summed E-state index contributed by atoms with van der Waals surface area (Å²) in [7, 11) is 1.86. The molecule has 0 unspecified atom stereocenters. The van der Waals surface area contributed by atoms with E-state index in [0.29, 0.717) is 35.9 Å². The third kappa shape index (κ3) is 3.42. The number of aromatic nitrogens is 3. The minimum Gasteiger partial charge on any atom is -0.489 e. The van der Waals surface area contributed by atoms with Gasteiger partial charge in [0.25, 0.3) is 0 Å². The molecular formula is C23H20N4O3. The average molecular weight is 400 g/mol. The van der Waals surface area contributed by atoms with Crippen LogP contribution in [0.15, 0.2) is 53.3 Å². The molecule has 0 saturated carbocycles. The SMILES string of the molecule is Cn1cc(-c2cc3nccc(-c4ccc(OC5CCOCC5)c(C#N)c4)c3o2)cn1. The second kappa shape index (κ2) is 7.65. The number of furan rings is 1. The summed E-state index contributed by atoms with van der Waals surface area (Å²) in [4.78, 5) is 4.44. The number of hydrogen-bond acceptors (Lipinski definition) is 6. The Kier molecular flexibility index (Phi) is 4.69. The first-order valence-corrected chi connectivity index (χ1v) is 9.88. The maximum absolute atomic E-state index is 9.69. The van der Waals surface area contributed by atoms with Crippen LogP contribution in [0.1, 0.15) is 18.4 Å². The fraction of sp³-hybridized carbons (Fsp3) is 0.261. The van der Waals surface area contributed by atoms with Gasteiger partial charge < -0.3 is 13.9 Å². The maximum Gasteiger partial charge on any atom is 0.161 e. The van der Waals surface area contributed by atoms with Crippen LogP contribution in [-0.2, 0) is 11.8 Å². The topological polar surface area (TPSA) is 86.1 Å². The Balaban J connectivity index is 1.51. The van der Waals surface area contributed by atoms with Crippen molar-refractivity contribution in [2.24, 2.45) is 7.05 Å². The van der Waals surface area contributed by atoms with Crippen LogP contribution in [0.25, 0.3) is 33.6 Å². The summed E-state index contributed by atoms with van der Waals surface area (Å²) in [6.07, 6.45) is 7.15. The Bertz CT molecular complexity index is 1250. The quantitative estimate of drug-likeness (QED) is 0.507. The molecule has 150 valence electrons. The first kappa shape index (κ1) is 18.4. The van der Waals surface area contributed by atoms with Crippen LogP contribution in [0.3, 0.4) is 0 Å². The number of ether oxygens (including phenoxy) is 2. The highest BCUT2D eigenvalue weighted by molar-refractivity contribution is 5.92. The van der Waals surface area contributed by atoms with Crippen molar-refractivity contribution >= 4 is 11.1 Å². The normalized spacial score (nSPS) is 14.7. The fourth-order valence-corrected chi connectivity index (χ4v) is 3.72. The van der Waals surface area contributed by atoms with E-state index in [1.165, 1.54) is 0 Å². The van der Waals surface area contributed by atoms with Gasteiger partial charge in [-0.15, -0.1) is 0 Å². The van der Waals surface area contributed by atoms with Crippen LogP contribution in [0.4, 0.5) is 0 Å². The van der Waals surface area contributed by atoms with Crippen LogP contribution < -0.4 is 4.74 Å². The standard InChI is InChI=1S/C23H20N4O3/c1-27-14-17(13-26-27)22-11-20-23(30-22)19(4-7-25-20)15-2-3-21(16(10-15)12-24)29-18-5-8-28-9-6-18/h2-4,7,10-11,13-14,18H,5-6,8-9H2,1H3. The fourth-order valence-electron chi connectivity index (χ4n) is 3.72. The largest absolute Gasteiger partial charge is 0.489 e. The van der Waals surface area contributed by atoms with Crippen molar-refractivity contribution in [3.8, 4) is 34.3 Å². The van der Waals surface area contributed by atoms with Crippen molar-refractivity contribution in [2.45, 2.75) is 18.9 Å². The van der Waals surface area contributed by atoms with Crippen molar-refractivity contribution < 1.29 is 13.9 Å². The van der Waals surface area contributed by atoms with Gasteiger partial charge in [-0.2, -0.15) is 10.4 Å². The lowest BCUT2D eigenvalue weighted by Crippen LogP contribution is -2.26. The monoisotopic (exact) mass is 400 g/mol. The molecule has 1 saturated heterocycles. The molecule has 3 aromatic heterocycles. The number of nitrogens with zero attached hydrogens (tertiary/aromatic N) is 4. The van der Waals surface area contributed by atoms with E-state index >= 15 is 0 Å². The first-order chi connectivity index (χ1) is 14.7. The Hall–Kier alpha value is -3.63. The molecule has 7 nitrogen and oxygen atoms in total. The number of fused-ring (bicyclic) bond motifs is 1. The molecule has 1 aliphatic heterocycles. The molecule has 0 atom stereocenters. The third-order valence-corrected chi connectivity index (χ3v) is 5.27. The van der Waals surface area contributed by atoms with Crippen molar-refractivity contribution in [3.63, 3.8) is 0 Å². The van der Waals surface area contributed by atoms with Crippen molar-refractivity contribution in [3.05, 3.63) is 54.5 Å². The smallest absolute Gasteiger partial charge is 0.161 e. The predicted molar refractivity (Wildman–Crippen MR) is 111 cm³/mol. The number of rotatable bonds is 4. The molecule has 30 heavy (non-hydrogen) atoms. The summed E-state index contributed by atoms with van der Waals surface area (Å²) in [6, 6.07) is 11.7. The zero-order valence-electron chi connectivity index (χ0n) is 16.5. The molecule has 7 heteroatoms. The number of hydrogen-bond donors (Lipinski definition) is 0. The summed E-state index contributed by atoms with van der Waals surface area (Å²) in [6.45, 7) is 1.38. The Morgan fingerprint density at radius 2 is 2.03 bits per heavy atom. The molecule has 4 aromatic rings. The lowest BCUT2D eigenvalue weighted by atomic mass is 10.0. The Morgan fingerprint density at radius 3 is 2.80 bits per heavy atom. The number of aryl methyl sites for hydroxylation is 1. The van der Waals surface area contributed by atoms with Gasteiger partial charge in [-0.1, -0.05) is 6.07 Å². The van der Waals surface area contributed by atoms with E-state index in [1.807, 2.05) is 43.6 Å². The molecule has 0 spiro atoms. The first-order valence-electron chi connectivity index (χ1n) is 9.88. The van der Waals surface area contributed by atoms with Gasteiger partial charge in [0, 0.05) is 43.9 Å². The molecule has 0 radical (unpaired) electrons. The zero-order valence-corrected chi connectivity index (χ0v) is 16.5. The van der Waals surface area contributed by atoms with Crippen LogP contribution in [0.2, 0.25) is 0 Å². The molecular weight excluding hydrogens is 380 g/mol. The molecule has 5 rings (SSSR count). The minimum absolute atomic E-state index is 0.0800. The minimum atomic E-state index is 0.0800. The van der Waals surface area contributed by atoms with Gasteiger partial charge in [0.2, 0.25) is 0 Å². The number of benzene rings is 1. The van der Waals surface area contributed by atoms with Crippen molar-refractivity contribution in [1.82, 2.24) is 14.8 Å². The van der Waals surface area contributed by atoms with Crippen LogP contribution >= 0.6 is 0 Å². The van der Waals surface area contributed by atoms with Gasteiger partial charge in [0.05, 0.1) is 30.5 Å².